The van der Waals surface area contributed by atoms with E-state index in [2.05, 4.69) is 13.8 Å². The number of fused-ring (bicyclic) bond motifs is 1. The third-order valence-electron chi connectivity index (χ3n) is 2.45. The Labute approximate surface area is 56.4 Å². The molecule has 0 aromatic rings. The molecule has 4 unspecified atom stereocenters. The number of hydrogen-bond acceptors (Lipinski definition) is 1. The third-order valence-corrected chi connectivity index (χ3v) is 2.45. The van der Waals surface area contributed by atoms with E-state index in [4.69, 9.17) is 4.74 Å². The van der Waals surface area contributed by atoms with Crippen LogP contribution in [-0.2, 0) is 4.74 Å². The fourth-order valence-electron chi connectivity index (χ4n) is 1.93. The van der Waals surface area contributed by atoms with Gasteiger partial charge in [0.25, 0.3) is 0 Å². The fourth-order valence-corrected chi connectivity index (χ4v) is 1.93. The van der Waals surface area contributed by atoms with Crippen molar-refractivity contribution in [3.8, 4) is 0 Å². The van der Waals surface area contributed by atoms with E-state index < -0.39 is 0 Å². The standard InChI is InChI=1S/C8H13O/c1-5-3-6(2)8-7(4-5)9-8/h5-8H,1,3-4H2,2H3. The maximum absolute atomic E-state index is 5.42. The molecule has 9 heavy (non-hydrogen) atoms. The van der Waals surface area contributed by atoms with Gasteiger partial charge in [-0.15, -0.1) is 0 Å². The lowest BCUT2D eigenvalue weighted by atomic mass is 9.84. The minimum atomic E-state index is 0.594. The molecule has 1 nitrogen and oxygen atoms in total. The van der Waals surface area contributed by atoms with Crippen molar-refractivity contribution in [1.82, 2.24) is 0 Å². The number of rotatable bonds is 0. The molecular formula is C8H13O. The molecule has 2 aliphatic rings. The van der Waals surface area contributed by atoms with Crippen LogP contribution >= 0.6 is 0 Å². The van der Waals surface area contributed by atoms with E-state index in [1.807, 2.05) is 0 Å². The average Bonchev–Trinajstić information content (AvgIpc) is 2.43. The molecule has 0 N–H and O–H groups in total. The first-order chi connectivity index (χ1) is 4.27. The zero-order chi connectivity index (χ0) is 6.43. The van der Waals surface area contributed by atoms with Gasteiger partial charge < -0.3 is 4.74 Å². The fraction of sp³-hybridized carbons (Fsp3) is 0.875. The Balaban J connectivity index is 1.99. The Hall–Kier alpha value is -0.0400. The number of epoxide rings is 1. The Bertz CT molecular complexity index is 122. The van der Waals surface area contributed by atoms with Crippen LogP contribution in [0.15, 0.2) is 0 Å². The molecule has 1 saturated carbocycles. The van der Waals surface area contributed by atoms with Crippen molar-refractivity contribution < 1.29 is 4.74 Å². The summed E-state index contributed by atoms with van der Waals surface area (Å²) in [6.45, 7) is 6.31. The second-order valence-electron chi connectivity index (χ2n) is 3.45. The molecule has 0 spiro atoms. The average molecular weight is 125 g/mol. The molecule has 1 saturated heterocycles. The van der Waals surface area contributed by atoms with Crippen LogP contribution in [0.4, 0.5) is 0 Å². The Kier molecular flexibility index (Phi) is 1.10. The summed E-state index contributed by atoms with van der Waals surface area (Å²) in [6.07, 6.45) is 3.68. The summed E-state index contributed by atoms with van der Waals surface area (Å²) in [4.78, 5) is 0. The van der Waals surface area contributed by atoms with E-state index in [0.29, 0.717) is 18.1 Å². The molecule has 1 aliphatic heterocycles. The Morgan fingerprint density at radius 1 is 1.44 bits per heavy atom. The molecule has 2 rings (SSSR count). The van der Waals surface area contributed by atoms with Crippen molar-refractivity contribution in [2.45, 2.75) is 32.0 Å². The maximum atomic E-state index is 5.42. The van der Waals surface area contributed by atoms with Gasteiger partial charge in [0.2, 0.25) is 0 Å². The van der Waals surface area contributed by atoms with Gasteiger partial charge in [-0.05, 0) is 24.7 Å². The van der Waals surface area contributed by atoms with Crippen molar-refractivity contribution in [1.29, 1.82) is 0 Å². The van der Waals surface area contributed by atoms with Gasteiger partial charge in [-0.1, -0.05) is 13.8 Å². The molecule has 1 radical (unpaired) electrons. The highest BCUT2D eigenvalue weighted by atomic mass is 16.6. The van der Waals surface area contributed by atoms with E-state index >= 15 is 0 Å². The lowest BCUT2D eigenvalue weighted by molar-refractivity contribution is 0.329. The van der Waals surface area contributed by atoms with Crippen LogP contribution < -0.4 is 0 Å². The van der Waals surface area contributed by atoms with Crippen LogP contribution in [0.3, 0.4) is 0 Å². The van der Waals surface area contributed by atoms with Crippen LogP contribution in [0.1, 0.15) is 19.8 Å². The lowest BCUT2D eigenvalue weighted by Gasteiger charge is -2.18. The summed E-state index contributed by atoms with van der Waals surface area (Å²) in [6, 6.07) is 0. The predicted octanol–water partition coefficient (Wildman–Crippen LogP) is 1.63. The zero-order valence-electron chi connectivity index (χ0n) is 5.84. The first-order valence-corrected chi connectivity index (χ1v) is 3.76. The quantitative estimate of drug-likeness (QED) is 0.448. The normalized spacial score (nSPS) is 56.7. The van der Waals surface area contributed by atoms with Crippen molar-refractivity contribution in [3.05, 3.63) is 6.92 Å². The van der Waals surface area contributed by atoms with Gasteiger partial charge in [0, 0.05) is 0 Å². The second-order valence-corrected chi connectivity index (χ2v) is 3.45. The number of ether oxygens (including phenoxy) is 1. The topological polar surface area (TPSA) is 12.5 Å². The van der Waals surface area contributed by atoms with Gasteiger partial charge in [0.1, 0.15) is 0 Å². The van der Waals surface area contributed by atoms with E-state index in [0.717, 1.165) is 5.92 Å². The van der Waals surface area contributed by atoms with E-state index in [1.54, 1.807) is 0 Å². The molecule has 0 aromatic heterocycles. The first kappa shape index (κ1) is 5.72. The van der Waals surface area contributed by atoms with Gasteiger partial charge >= 0.3 is 0 Å². The second kappa shape index (κ2) is 1.72. The van der Waals surface area contributed by atoms with Gasteiger partial charge in [-0.25, -0.2) is 0 Å². The minimum absolute atomic E-state index is 0.594. The largest absolute Gasteiger partial charge is 0.369 e. The highest BCUT2D eigenvalue weighted by Gasteiger charge is 2.47. The molecule has 1 heteroatoms. The summed E-state index contributed by atoms with van der Waals surface area (Å²) >= 11 is 0. The third kappa shape index (κ3) is 0.877. The Morgan fingerprint density at radius 3 is 2.89 bits per heavy atom. The molecule has 2 fully saturated rings. The maximum Gasteiger partial charge on any atom is 0.0867 e. The van der Waals surface area contributed by atoms with Crippen molar-refractivity contribution >= 4 is 0 Å². The highest BCUT2D eigenvalue weighted by Crippen LogP contribution is 2.42. The summed E-state index contributed by atoms with van der Waals surface area (Å²) in [7, 11) is 0. The zero-order valence-corrected chi connectivity index (χ0v) is 5.84. The summed E-state index contributed by atoms with van der Waals surface area (Å²) in [5.41, 5.74) is 0. The van der Waals surface area contributed by atoms with E-state index in [9.17, 15) is 0 Å². The lowest BCUT2D eigenvalue weighted by Crippen LogP contribution is -2.18. The van der Waals surface area contributed by atoms with Crippen LogP contribution in [0, 0.1) is 18.8 Å². The molecule has 4 atom stereocenters. The van der Waals surface area contributed by atoms with Crippen LogP contribution in [0.25, 0.3) is 0 Å². The van der Waals surface area contributed by atoms with Gasteiger partial charge in [0.15, 0.2) is 0 Å². The SMILES string of the molecule is [CH2]C1CC(C)C2OC2C1. The molecule has 51 valence electrons. The van der Waals surface area contributed by atoms with Crippen LogP contribution in [0.5, 0.6) is 0 Å². The first-order valence-electron chi connectivity index (χ1n) is 3.76. The monoisotopic (exact) mass is 125 g/mol. The van der Waals surface area contributed by atoms with Gasteiger partial charge in [0.05, 0.1) is 12.2 Å². The molecular weight excluding hydrogens is 112 g/mol. The van der Waals surface area contributed by atoms with Crippen molar-refractivity contribution in [2.75, 3.05) is 0 Å². The van der Waals surface area contributed by atoms with Crippen molar-refractivity contribution in [3.63, 3.8) is 0 Å². The van der Waals surface area contributed by atoms with Gasteiger partial charge in [-0.2, -0.15) is 0 Å². The summed E-state index contributed by atoms with van der Waals surface area (Å²) in [5.74, 6) is 1.43. The highest BCUT2D eigenvalue weighted by molar-refractivity contribution is 4.96. The predicted molar refractivity (Wildman–Crippen MR) is 35.9 cm³/mol. The Morgan fingerprint density at radius 2 is 2.22 bits per heavy atom. The molecule has 0 bridgehead atoms. The number of hydrogen-bond donors (Lipinski definition) is 0. The molecule has 1 heterocycles. The summed E-state index contributed by atoms with van der Waals surface area (Å²) < 4.78 is 5.42. The van der Waals surface area contributed by atoms with Crippen molar-refractivity contribution in [2.24, 2.45) is 11.8 Å². The minimum Gasteiger partial charge on any atom is -0.369 e. The molecule has 0 aromatic carbocycles. The smallest absolute Gasteiger partial charge is 0.0867 e. The van der Waals surface area contributed by atoms with Gasteiger partial charge in [-0.3, -0.25) is 0 Å². The molecule has 0 amide bonds. The van der Waals surface area contributed by atoms with E-state index in [-0.39, 0.29) is 0 Å². The summed E-state index contributed by atoms with van der Waals surface area (Å²) in [5, 5.41) is 0. The molecule has 1 aliphatic carbocycles. The van der Waals surface area contributed by atoms with Crippen LogP contribution in [-0.4, -0.2) is 12.2 Å². The van der Waals surface area contributed by atoms with Crippen LogP contribution in [0.2, 0.25) is 0 Å². The van der Waals surface area contributed by atoms with E-state index in [1.165, 1.54) is 12.8 Å².